The molecular formula is C49H30N2O. The highest BCUT2D eigenvalue weighted by Crippen LogP contribution is 2.45. The van der Waals surface area contributed by atoms with Crippen LogP contribution < -0.4 is 0 Å². The van der Waals surface area contributed by atoms with E-state index in [4.69, 9.17) is 9.40 Å². The van der Waals surface area contributed by atoms with Gasteiger partial charge in [0.15, 0.2) is 0 Å². The van der Waals surface area contributed by atoms with E-state index in [1.165, 1.54) is 49.0 Å². The van der Waals surface area contributed by atoms with Gasteiger partial charge in [0, 0.05) is 22.0 Å². The Hall–Kier alpha value is -6.97. The van der Waals surface area contributed by atoms with Crippen LogP contribution in [-0.4, -0.2) is 9.55 Å². The van der Waals surface area contributed by atoms with Gasteiger partial charge >= 0.3 is 0 Å². The zero-order valence-electron chi connectivity index (χ0n) is 28.1. The highest BCUT2D eigenvalue weighted by Gasteiger charge is 2.20. The summed E-state index contributed by atoms with van der Waals surface area (Å²) in [6.07, 6.45) is 0. The highest BCUT2D eigenvalue weighted by atomic mass is 16.3. The van der Waals surface area contributed by atoms with Crippen molar-refractivity contribution in [1.29, 1.82) is 0 Å². The molecule has 0 N–H and O–H groups in total. The smallest absolute Gasteiger partial charge is 0.145 e. The molecule has 242 valence electrons. The summed E-state index contributed by atoms with van der Waals surface area (Å²) in [5.74, 6) is 0.930. The van der Waals surface area contributed by atoms with Crippen molar-refractivity contribution < 1.29 is 4.42 Å². The third kappa shape index (κ3) is 4.36. The molecule has 2 aromatic heterocycles. The summed E-state index contributed by atoms with van der Waals surface area (Å²) in [5, 5.41) is 9.52. The lowest BCUT2D eigenvalue weighted by atomic mass is 9.85. The van der Waals surface area contributed by atoms with Gasteiger partial charge in [0.05, 0.1) is 11.0 Å². The van der Waals surface area contributed by atoms with E-state index in [1.807, 2.05) is 6.07 Å². The summed E-state index contributed by atoms with van der Waals surface area (Å²) in [6, 6.07) is 65.0. The van der Waals surface area contributed by atoms with Crippen molar-refractivity contribution in [3.05, 3.63) is 182 Å². The number of nitrogens with zero attached hydrogens (tertiary/aromatic N) is 2. The van der Waals surface area contributed by atoms with Crippen molar-refractivity contribution in [1.82, 2.24) is 9.55 Å². The monoisotopic (exact) mass is 662 g/mol. The maximum Gasteiger partial charge on any atom is 0.145 e. The Balaban J connectivity index is 1.15. The molecule has 0 spiro atoms. The zero-order valence-corrected chi connectivity index (χ0v) is 28.1. The number of hydrogen-bond donors (Lipinski definition) is 0. The van der Waals surface area contributed by atoms with Crippen LogP contribution in [0.15, 0.2) is 186 Å². The first kappa shape index (κ1) is 28.8. The quantitative estimate of drug-likeness (QED) is 0.176. The normalized spacial score (nSPS) is 11.8. The van der Waals surface area contributed by atoms with Crippen LogP contribution in [0, 0.1) is 0 Å². The molecular weight excluding hydrogens is 633 g/mol. The van der Waals surface area contributed by atoms with Crippen LogP contribution in [0.25, 0.3) is 105 Å². The Labute approximate surface area is 299 Å². The van der Waals surface area contributed by atoms with E-state index in [0.29, 0.717) is 0 Å². The van der Waals surface area contributed by atoms with E-state index in [0.717, 1.165) is 55.6 Å². The van der Waals surface area contributed by atoms with Gasteiger partial charge in [-0.15, -0.1) is 0 Å². The van der Waals surface area contributed by atoms with Crippen molar-refractivity contribution in [2.45, 2.75) is 0 Å². The van der Waals surface area contributed by atoms with Crippen LogP contribution in [0.4, 0.5) is 0 Å². The molecule has 0 aliphatic carbocycles. The lowest BCUT2D eigenvalue weighted by Gasteiger charge is -2.18. The van der Waals surface area contributed by atoms with Crippen molar-refractivity contribution >= 4 is 65.3 Å². The van der Waals surface area contributed by atoms with E-state index in [9.17, 15) is 0 Å². The molecule has 0 saturated heterocycles. The number of imidazole rings is 1. The SMILES string of the molecule is c1ccc(-c2nc3cc(-c4c5ccccc5c(-c5ccc6oc7cc8ccccc8cc7c6c5)c5ccccc45)ccc3n2-c2ccccc2)cc1. The summed E-state index contributed by atoms with van der Waals surface area (Å²) in [7, 11) is 0. The number of aromatic nitrogens is 2. The molecule has 0 aliphatic rings. The summed E-state index contributed by atoms with van der Waals surface area (Å²) in [4.78, 5) is 5.29. The molecule has 0 atom stereocenters. The minimum atomic E-state index is 0.900. The first-order chi connectivity index (χ1) is 25.8. The molecule has 52 heavy (non-hydrogen) atoms. The minimum Gasteiger partial charge on any atom is -0.456 e. The van der Waals surface area contributed by atoms with Gasteiger partial charge in [-0.1, -0.05) is 133 Å². The molecule has 11 aromatic rings. The molecule has 0 saturated carbocycles. The molecule has 0 amide bonds. The Morgan fingerprint density at radius 3 is 1.60 bits per heavy atom. The third-order valence-corrected chi connectivity index (χ3v) is 10.5. The van der Waals surface area contributed by atoms with Crippen LogP contribution >= 0.6 is 0 Å². The fourth-order valence-electron chi connectivity index (χ4n) is 8.22. The molecule has 2 heterocycles. The molecule has 0 bridgehead atoms. The van der Waals surface area contributed by atoms with Gasteiger partial charge < -0.3 is 4.42 Å². The molecule has 3 heteroatoms. The lowest BCUT2D eigenvalue weighted by Crippen LogP contribution is -1.97. The maximum absolute atomic E-state index is 6.40. The van der Waals surface area contributed by atoms with E-state index < -0.39 is 0 Å². The lowest BCUT2D eigenvalue weighted by molar-refractivity contribution is 0.669. The Morgan fingerprint density at radius 1 is 0.385 bits per heavy atom. The van der Waals surface area contributed by atoms with Gasteiger partial charge in [-0.2, -0.15) is 0 Å². The number of rotatable bonds is 4. The first-order valence-electron chi connectivity index (χ1n) is 17.7. The second-order valence-electron chi connectivity index (χ2n) is 13.5. The predicted octanol–water partition coefficient (Wildman–Crippen LogP) is 13.4. The van der Waals surface area contributed by atoms with E-state index >= 15 is 0 Å². The van der Waals surface area contributed by atoms with Crippen molar-refractivity contribution in [3.8, 4) is 39.3 Å². The molecule has 3 nitrogen and oxygen atoms in total. The van der Waals surface area contributed by atoms with Gasteiger partial charge in [0.2, 0.25) is 0 Å². The maximum atomic E-state index is 6.40. The van der Waals surface area contributed by atoms with Crippen LogP contribution in [-0.2, 0) is 0 Å². The topological polar surface area (TPSA) is 31.0 Å². The van der Waals surface area contributed by atoms with Gasteiger partial charge in [-0.3, -0.25) is 4.57 Å². The number of furan rings is 1. The van der Waals surface area contributed by atoms with E-state index in [-0.39, 0.29) is 0 Å². The Morgan fingerprint density at radius 2 is 0.923 bits per heavy atom. The van der Waals surface area contributed by atoms with Crippen molar-refractivity contribution in [2.24, 2.45) is 0 Å². The average Bonchev–Trinajstić information content (AvgIpc) is 3.77. The Kier molecular flexibility index (Phi) is 6.25. The fraction of sp³-hybridized carbons (Fsp3) is 0. The number of fused-ring (bicyclic) bond motifs is 7. The molecule has 0 aliphatic heterocycles. The van der Waals surface area contributed by atoms with Gasteiger partial charge in [0.1, 0.15) is 17.0 Å². The van der Waals surface area contributed by atoms with Gasteiger partial charge in [-0.25, -0.2) is 4.98 Å². The largest absolute Gasteiger partial charge is 0.456 e. The summed E-state index contributed by atoms with van der Waals surface area (Å²) < 4.78 is 8.67. The molecule has 0 unspecified atom stereocenters. The molecule has 9 aromatic carbocycles. The molecule has 0 fully saturated rings. The second-order valence-corrected chi connectivity index (χ2v) is 13.5. The predicted molar refractivity (Wildman–Crippen MR) is 217 cm³/mol. The average molecular weight is 663 g/mol. The Bertz CT molecular complexity index is 3110. The van der Waals surface area contributed by atoms with Gasteiger partial charge in [-0.05, 0) is 103 Å². The molecule has 11 rings (SSSR count). The minimum absolute atomic E-state index is 0.900. The van der Waals surface area contributed by atoms with Crippen LogP contribution in [0.3, 0.4) is 0 Å². The molecule has 0 radical (unpaired) electrons. The summed E-state index contributed by atoms with van der Waals surface area (Å²) in [6.45, 7) is 0. The van der Waals surface area contributed by atoms with Crippen LogP contribution in [0.2, 0.25) is 0 Å². The number of hydrogen-bond acceptors (Lipinski definition) is 2. The second kappa shape index (κ2) is 11.3. The highest BCUT2D eigenvalue weighted by molar-refractivity contribution is 6.22. The number of para-hydroxylation sites is 1. The van der Waals surface area contributed by atoms with E-state index in [1.54, 1.807) is 0 Å². The summed E-state index contributed by atoms with van der Waals surface area (Å²) >= 11 is 0. The van der Waals surface area contributed by atoms with E-state index in [2.05, 4.69) is 180 Å². The van der Waals surface area contributed by atoms with Crippen LogP contribution in [0.1, 0.15) is 0 Å². The summed E-state index contributed by atoms with van der Waals surface area (Å²) in [5.41, 5.74) is 10.8. The first-order valence-corrected chi connectivity index (χ1v) is 17.7. The van der Waals surface area contributed by atoms with Crippen molar-refractivity contribution in [2.75, 3.05) is 0 Å². The number of benzene rings is 9. The third-order valence-electron chi connectivity index (χ3n) is 10.5. The fourth-order valence-corrected chi connectivity index (χ4v) is 8.22. The van der Waals surface area contributed by atoms with Crippen molar-refractivity contribution in [3.63, 3.8) is 0 Å². The van der Waals surface area contributed by atoms with Crippen LogP contribution in [0.5, 0.6) is 0 Å². The zero-order chi connectivity index (χ0) is 34.2. The standard InChI is InChI=1S/C49H30N2O/c1-3-13-31(14-4-1)49-50-43-29-35(23-25-44(43)51(49)36-17-5-2-6-18-36)48-39-21-11-9-19-37(39)47(38-20-10-12-22-40(38)48)34-24-26-45-41(28-34)42-27-32-15-7-8-16-33(32)30-46(42)52-45/h1-30H. The van der Waals surface area contributed by atoms with Gasteiger partial charge in [0.25, 0.3) is 0 Å².